The Morgan fingerprint density at radius 3 is 2.48 bits per heavy atom. The lowest BCUT2D eigenvalue weighted by Crippen LogP contribution is -2.25. The van der Waals surface area contributed by atoms with E-state index in [1.165, 1.54) is 18.7 Å². The zero-order chi connectivity index (χ0) is 16.7. The predicted molar refractivity (Wildman–Crippen MR) is 90.0 cm³/mol. The fourth-order valence-corrected chi connectivity index (χ4v) is 2.68. The van der Waals surface area contributed by atoms with Crippen LogP contribution in [-0.2, 0) is 0 Å². The number of nitrogens with one attached hydrogen (secondary N) is 1. The Balaban J connectivity index is 2.13. The minimum atomic E-state index is -0.356. The largest absolute Gasteiger partial charge is 0.494 e. The molecule has 124 valence electrons. The van der Waals surface area contributed by atoms with E-state index in [9.17, 15) is 4.39 Å². The molecule has 0 aliphatic rings. The third kappa shape index (κ3) is 4.78. The third-order valence-corrected chi connectivity index (χ3v) is 3.98. The number of halogens is 1. The summed E-state index contributed by atoms with van der Waals surface area (Å²) in [7, 11) is 1.46. The monoisotopic (exact) mass is 317 g/mol. The van der Waals surface area contributed by atoms with Crippen LogP contribution in [0.4, 0.5) is 4.39 Å². The lowest BCUT2D eigenvalue weighted by atomic mass is 9.99. The summed E-state index contributed by atoms with van der Waals surface area (Å²) >= 11 is 0. The van der Waals surface area contributed by atoms with Gasteiger partial charge in [-0.1, -0.05) is 36.4 Å². The Morgan fingerprint density at radius 2 is 1.87 bits per heavy atom. The van der Waals surface area contributed by atoms with Gasteiger partial charge in [-0.25, -0.2) is 4.39 Å². The molecule has 2 N–H and O–H groups in total. The van der Waals surface area contributed by atoms with Gasteiger partial charge in [0.1, 0.15) is 0 Å². The van der Waals surface area contributed by atoms with Crippen LogP contribution in [0.3, 0.4) is 0 Å². The molecule has 0 saturated carbocycles. The molecule has 0 saturated heterocycles. The van der Waals surface area contributed by atoms with E-state index < -0.39 is 0 Å². The van der Waals surface area contributed by atoms with Crippen LogP contribution in [0.2, 0.25) is 0 Å². The number of methoxy groups -OCH3 is 1. The lowest BCUT2D eigenvalue weighted by molar-refractivity contribution is 0.272. The number of benzene rings is 2. The van der Waals surface area contributed by atoms with Crippen molar-refractivity contribution in [2.24, 2.45) is 0 Å². The van der Waals surface area contributed by atoms with E-state index in [-0.39, 0.29) is 30.3 Å². The quantitative estimate of drug-likeness (QED) is 0.773. The van der Waals surface area contributed by atoms with Crippen LogP contribution in [0.25, 0.3) is 0 Å². The average molecular weight is 317 g/mol. The summed E-state index contributed by atoms with van der Waals surface area (Å²) in [6.07, 6.45) is 1.54. The molecule has 0 bridgehead atoms. The van der Waals surface area contributed by atoms with Crippen molar-refractivity contribution in [3.8, 4) is 5.75 Å². The normalized spacial score (nSPS) is 13.6. The Morgan fingerprint density at radius 1 is 1.13 bits per heavy atom. The summed E-state index contributed by atoms with van der Waals surface area (Å²) in [4.78, 5) is 0. The summed E-state index contributed by atoms with van der Waals surface area (Å²) in [5, 5.41) is 12.6. The van der Waals surface area contributed by atoms with Gasteiger partial charge in [0, 0.05) is 18.7 Å². The Kier molecular flexibility index (Phi) is 6.56. The van der Waals surface area contributed by atoms with Crippen LogP contribution in [0, 0.1) is 5.82 Å². The molecular weight excluding hydrogens is 293 g/mol. The van der Waals surface area contributed by atoms with Crippen molar-refractivity contribution >= 4 is 0 Å². The summed E-state index contributed by atoms with van der Waals surface area (Å²) < 4.78 is 18.8. The highest BCUT2D eigenvalue weighted by Crippen LogP contribution is 2.26. The molecule has 2 rings (SSSR count). The van der Waals surface area contributed by atoms with Gasteiger partial charge < -0.3 is 15.2 Å². The van der Waals surface area contributed by atoms with E-state index in [4.69, 9.17) is 9.84 Å². The second kappa shape index (κ2) is 8.65. The first-order valence-corrected chi connectivity index (χ1v) is 7.91. The average Bonchev–Trinajstić information content (AvgIpc) is 2.59. The van der Waals surface area contributed by atoms with Crippen LogP contribution in [0.15, 0.2) is 48.5 Å². The van der Waals surface area contributed by atoms with Gasteiger partial charge in [-0.2, -0.15) is 0 Å². The molecule has 0 aliphatic heterocycles. The second-order valence-electron chi connectivity index (χ2n) is 5.61. The van der Waals surface area contributed by atoms with Gasteiger partial charge in [-0.15, -0.1) is 0 Å². The maximum Gasteiger partial charge on any atom is 0.165 e. The van der Waals surface area contributed by atoms with Gasteiger partial charge in [0.25, 0.3) is 0 Å². The minimum absolute atomic E-state index is 0.0145. The van der Waals surface area contributed by atoms with E-state index in [1.807, 2.05) is 31.2 Å². The minimum Gasteiger partial charge on any atom is -0.494 e. The maximum absolute atomic E-state index is 13.9. The molecule has 4 heteroatoms. The van der Waals surface area contributed by atoms with Gasteiger partial charge in [0.15, 0.2) is 11.6 Å². The summed E-state index contributed by atoms with van der Waals surface area (Å²) in [6, 6.07) is 15.2. The van der Waals surface area contributed by atoms with Gasteiger partial charge >= 0.3 is 0 Å². The van der Waals surface area contributed by atoms with Crippen molar-refractivity contribution < 1.29 is 14.2 Å². The molecule has 2 aromatic carbocycles. The van der Waals surface area contributed by atoms with Crippen LogP contribution in [-0.4, -0.2) is 18.8 Å². The van der Waals surface area contributed by atoms with E-state index in [0.29, 0.717) is 0 Å². The summed E-state index contributed by atoms with van der Waals surface area (Å²) in [6.45, 7) is 2.17. The number of aliphatic hydroxyl groups is 1. The number of rotatable bonds is 8. The van der Waals surface area contributed by atoms with Crippen LogP contribution < -0.4 is 10.1 Å². The van der Waals surface area contributed by atoms with Crippen LogP contribution >= 0.6 is 0 Å². The van der Waals surface area contributed by atoms with Crippen LogP contribution in [0.5, 0.6) is 5.75 Å². The van der Waals surface area contributed by atoms with Gasteiger partial charge in [-0.05, 0) is 43.0 Å². The molecule has 0 amide bonds. The fraction of sp³-hybridized carbons (Fsp3) is 0.368. The molecule has 3 nitrogen and oxygen atoms in total. The Hall–Kier alpha value is -1.91. The number of ether oxygens (including phenoxy) is 1. The third-order valence-electron chi connectivity index (χ3n) is 3.98. The molecule has 0 fully saturated rings. The maximum atomic E-state index is 13.9. The highest BCUT2D eigenvalue weighted by Gasteiger charge is 2.16. The van der Waals surface area contributed by atoms with Crippen molar-refractivity contribution in [2.75, 3.05) is 13.7 Å². The van der Waals surface area contributed by atoms with Gasteiger partial charge in [-0.3, -0.25) is 0 Å². The van der Waals surface area contributed by atoms with Crippen molar-refractivity contribution in [3.63, 3.8) is 0 Å². The smallest absolute Gasteiger partial charge is 0.165 e. The predicted octanol–water partition coefficient (Wildman–Crippen LogP) is 4.00. The number of hydrogen-bond acceptors (Lipinski definition) is 3. The number of hydrogen-bond donors (Lipinski definition) is 2. The van der Waals surface area contributed by atoms with Gasteiger partial charge in [0.05, 0.1) is 7.11 Å². The van der Waals surface area contributed by atoms with Crippen molar-refractivity contribution in [1.29, 1.82) is 0 Å². The molecule has 0 radical (unpaired) electrons. The topological polar surface area (TPSA) is 41.5 Å². The molecule has 2 unspecified atom stereocenters. The zero-order valence-corrected chi connectivity index (χ0v) is 13.6. The van der Waals surface area contributed by atoms with E-state index in [1.54, 1.807) is 6.07 Å². The molecule has 2 aromatic rings. The summed E-state index contributed by atoms with van der Waals surface area (Å²) in [5.41, 5.74) is 2.04. The highest BCUT2D eigenvalue weighted by atomic mass is 19.1. The van der Waals surface area contributed by atoms with E-state index >= 15 is 0 Å². The number of aliphatic hydroxyl groups excluding tert-OH is 1. The van der Waals surface area contributed by atoms with E-state index in [2.05, 4.69) is 17.4 Å². The first-order valence-electron chi connectivity index (χ1n) is 7.91. The molecule has 2 atom stereocenters. The van der Waals surface area contributed by atoms with Crippen molar-refractivity contribution in [1.82, 2.24) is 5.32 Å². The summed E-state index contributed by atoms with van der Waals surface area (Å²) in [5.74, 6) is -0.105. The van der Waals surface area contributed by atoms with Crippen LogP contribution in [0.1, 0.15) is 43.0 Å². The molecule has 0 aliphatic carbocycles. The molecule has 0 spiro atoms. The molecular formula is C19H24FNO2. The Bertz CT molecular complexity index is 604. The molecule has 23 heavy (non-hydrogen) atoms. The standard InChI is InChI=1S/C19H24FNO2/c1-14(16-10-11-19(23-2)17(20)13-16)21-18(9-6-12-22)15-7-4-3-5-8-15/h3-5,7-8,10-11,13-14,18,21-22H,6,9,12H2,1-2H3. The van der Waals surface area contributed by atoms with E-state index in [0.717, 1.165) is 18.4 Å². The first kappa shape index (κ1) is 17.4. The van der Waals surface area contributed by atoms with Crippen molar-refractivity contribution in [2.45, 2.75) is 31.8 Å². The van der Waals surface area contributed by atoms with Gasteiger partial charge in [0.2, 0.25) is 0 Å². The zero-order valence-electron chi connectivity index (χ0n) is 13.6. The molecule has 0 heterocycles. The first-order chi connectivity index (χ1) is 11.2. The highest BCUT2D eigenvalue weighted by molar-refractivity contribution is 5.31. The van der Waals surface area contributed by atoms with Crippen molar-refractivity contribution in [3.05, 3.63) is 65.5 Å². The lowest BCUT2D eigenvalue weighted by Gasteiger charge is -2.24. The Labute approximate surface area is 137 Å². The SMILES string of the molecule is COc1ccc(C(C)NC(CCCO)c2ccccc2)cc1F. The second-order valence-corrected chi connectivity index (χ2v) is 5.61. The fourth-order valence-electron chi connectivity index (χ4n) is 2.68. The molecule has 0 aromatic heterocycles.